The molecule has 0 unspecified atom stereocenters. The molecule has 8 heteroatoms. The predicted octanol–water partition coefficient (Wildman–Crippen LogP) is 2.57. The van der Waals surface area contributed by atoms with E-state index in [2.05, 4.69) is 41.4 Å². The molecular weight excluding hydrogens is 318 g/mol. The Hall–Kier alpha value is -1.28. The molecular formula is C10H12BrN5OS. The van der Waals surface area contributed by atoms with E-state index in [1.54, 1.807) is 6.20 Å². The van der Waals surface area contributed by atoms with Gasteiger partial charge in [0.05, 0.1) is 9.98 Å². The van der Waals surface area contributed by atoms with Crippen LogP contribution in [-0.4, -0.2) is 26.1 Å². The molecule has 96 valence electrons. The van der Waals surface area contributed by atoms with Crippen molar-refractivity contribution in [1.82, 2.24) is 20.2 Å². The molecule has 0 bridgehead atoms. The summed E-state index contributed by atoms with van der Waals surface area (Å²) in [5, 5.41) is 9.82. The molecule has 0 aromatic carbocycles. The van der Waals surface area contributed by atoms with Crippen LogP contribution in [0.25, 0.3) is 0 Å². The molecule has 2 N–H and O–H groups in total. The van der Waals surface area contributed by atoms with E-state index in [1.807, 2.05) is 20.8 Å². The van der Waals surface area contributed by atoms with Gasteiger partial charge in [-0.25, -0.2) is 9.97 Å². The van der Waals surface area contributed by atoms with Crippen LogP contribution >= 0.6 is 27.3 Å². The summed E-state index contributed by atoms with van der Waals surface area (Å²) >= 11 is 4.61. The maximum absolute atomic E-state index is 11.9. The Morgan fingerprint density at radius 2 is 2.22 bits per heavy atom. The van der Waals surface area contributed by atoms with Crippen molar-refractivity contribution in [2.75, 3.05) is 5.32 Å². The number of thiazole rings is 1. The topological polar surface area (TPSA) is 83.6 Å². The average Bonchev–Trinajstić information content (AvgIpc) is 2.85. The molecule has 18 heavy (non-hydrogen) atoms. The van der Waals surface area contributed by atoms with Crippen molar-refractivity contribution < 1.29 is 4.79 Å². The van der Waals surface area contributed by atoms with E-state index in [-0.39, 0.29) is 17.1 Å². The van der Waals surface area contributed by atoms with Crippen molar-refractivity contribution >= 4 is 38.3 Å². The van der Waals surface area contributed by atoms with Crippen LogP contribution in [0.15, 0.2) is 9.98 Å². The zero-order valence-corrected chi connectivity index (χ0v) is 12.5. The van der Waals surface area contributed by atoms with E-state index >= 15 is 0 Å². The second-order valence-corrected chi connectivity index (χ2v) is 7.09. The predicted molar refractivity (Wildman–Crippen MR) is 72.8 cm³/mol. The fraction of sp³-hybridized carbons (Fsp3) is 0.400. The van der Waals surface area contributed by atoms with Gasteiger partial charge in [-0.1, -0.05) is 32.1 Å². The van der Waals surface area contributed by atoms with Gasteiger partial charge < -0.3 is 0 Å². The molecule has 2 aromatic rings. The number of nitrogens with one attached hydrogen (secondary N) is 2. The lowest BCUT2D eigenvalue weighted by Gasteiger charge is -2.12. The summed E-state index contributed by atoms with van der Waals surface area (Å²) in [6.45, 7) is 5.98. The van der Waals surface area contributed by atoms with Crippen molar-refractivity contribution in [3.63, 3.8) is 0 Å². The van der Waals surface area contributed by atoms with Crippen LogP contribution in [0.2, 0.25) is 0 Å². The molecule has 2 aromatic heterocycles. The molecule has 2 rings (SSSR count). The van der Waals surface area contributed by atoms with Gasteiger partial charge in [-0.3, -0.25) is 15.2 Å². The summed E-state index contributed by atoms with van der Waals surface area (Å²) in [7, 11) is 0. The average molecular weight is 330 g/mol. The first-order valence-corrected chi connectivity index (χ1v) is 6.83. The van der Waals surface area contributed by atoms with E-state index < -0.39 is 0 Å². The lowest BCUT2D eigenvalue weighted by Crippen LogP contribution is -2.16. The smallest absolute Gasteiger partial charge is 0.295 e. The standard InChI is InChI=1S/C10H12BrN5OS/c1-10(2,3)8-13-6(15-16-8)7(17)14-9-12-4-5(11)18-9/h4H,1-3H3,(H,12,14,17)(H,13,15,16). The lowest BCUT2D eigenvalue weighted by molar-refractivity contribution is 0.101. The highest BCUT2D eigenvalue weighted by molar-refractivity contribution is 9.11. The summed E-state index contributed by atoms with van der Waals surface area (Å²) in [4.78, 5) is 20.0. The van der Waals surface area contributed by atoms with Crippen LogP contribution in [0.4, 0.5) is 5.13 Å². The largest absolute Gasteiger partial charge is 0.297 e. The van der Waals surface area contributed by atoms with Crippen molar-refractivity contribution in [2.45, 2.75) is 26.2 Å². The van der Waals surface area contributed by atoms with Crippen molar-refractivity contribution in [1.29, 1.82) is 0 Å². The molecule has 0 radical (unpaired) electrons. The Kier molecular flexibility index (Phi) is 3.49. The SMILES string of the molecule is CC(C)(C)c1nc(C(=O)Nc2ncc(Br)s2)n[nH]1. The number of rotatable bonds is 2. The number of H-pyrrole nitrogens is 1. The molecule has 0 atom stereocenters. The number of aromatic amines is 1. The maximum Gasteiger partial charge on any atom is 0.297 e. The fourth-order valence-electron chi connectivity index (χ4n) is 1.16. The number of amides is 1. The normalized spacial score (nSPS) is 11.6. The molecule has 6 nitrogen and oxygen atoms in total. The third kappa shape index (κ3) is 2.94. The van der Waals surface area contributed by atoms with Crippen LogP contribution in [0.5, 0.6) is 0 Å². The minimum atomic E-state index is -0.372. The highest BCUT2D eigenvalue weighted by atomic mass is 79.9. The lowest BCUT2D eigenvalue weighted by atomic mass is 9.96. The first-order chi connectivity index (χ1) is 8.36. The first-order valence-electron chi connectivity index (χ1n) is 5.22. The van der Waals surface area contributed by atoms with E-state index in [0.29, 0.717) is 11.0 Å². The Morgan fingerprint density at radius 3 is 2.72 bits per heavy atom. The Morgan fingerprint density at radius 1 is 1.50 bits per heavy atom. The molecule has 0 saturated carbocycles. The quantitative estimate of drug-likeness (QED) is 0.886. The van der Waals surface area contributed by atoms with Gasteiger partial charge >= 0.3 is 0 Å². The first kappa shape index (κ1) is 13.2. The number of nitrogens with zero attached hydrogens (tertiary/aromatic N) is 3. The van der Waals surface area contributed by atoms with Crippen LogP contribution in [0, 0.1) is 0 Å². The summed E-state index contributed by atoms with van der Waals surface area (Å²) in [5.74, 6) is 0.419. The molecule has 2 heterocycles. The molecule has 0 fully saturated rings. The molecule has 0 spiro atoms. The van der Waals surface area contributed by atoms with Gasteiger partial charge in [0.15, 0.2) is 5.13 Å². The third-order valence-corrected chi connectivity index (χ3v) is 3.49. The van der Waals surface area contributed by atoms with Gasteiger partial charge in [-0.05, 0) is 15.9 Å². The zero-order chi connectivity index (χ0) is 13.3. The number of halogens is 1. The van der Waals surface area contributed by atoms with Crippen LogP contribution in [0.3, 0.4) is 0 Å². The number of anilines is 1. The summed E-state index contributed by atoms with van der Waals surface area (Å²) in [5.41, 5.74) is -0.171. The molecule has 0 saturated heterocycles. The molecule has 1 amide bonds. The number of carbonyl (C=O) groups excluding carboxylic acids is 1. The molecule has 0 aliphatic rings. The number of hydrogen-bond acceptors (Lipinski definition) is 5. The van der Waals surface area contributed by atoms with Gasteiger partial charge in [-0.2, -0.15) is 0 Å². The van der Waals surface area contributed by atoms with Gasteiger partial charge in [0.1, 0.15) is 5.82 Å². The Balaban J connectivity index is 2.12. The van der Waals surface area contributed by atoms with Crippen LogP contribution in [-0.2, 0) is 5.41 Å². The van der Waals surface area contributed by atoms with Crippen LogP contribution < -0.4 is 5.32 Å². The zero-order valence-electron chi connectivity index (χ0n) is 10.1. The number of hydrogen-bond donors (Lipinski definition) is 2. The molecule has 0 aliphatic heterocycles. The van der Waals surface area contributed by atoms with Crippen molar-refractivity contribution in [2.24, 2.45) is 0 Å². The van der Waals surface area contributed by atoms with Crippen LogP contribution in [0.1, 0.15) is 37.2 Å². The summed E-state index contributed by atoms with van der Waals surface area (Å²) in [6.07, 6.45) is 1.62. The maximum atomic E-state index is 11.9. The summed E-state index contributed by atoms with van der Waals surface area (Å²) < 4.78 is 0.850. The highest BCUT2D eigenvalue weighted by Gasteiger charge is 2.21. The van der Waals surface area contributed by atoms with Gasteiger partial charge in [0.25, 0.3) is 5.91 Å². The second kappa shape index (κ2) is 4.77. The van der Waals surface area contributed by atoms with Gasteiger partial charge in [0, 0.05) is 5.41 Å². The van der Waals surface area contributed by atoms with Crippen molar-refractivity contribution in [3.05, 3.63) is 21.6 Å². The number of carbonyl (C=O) groups is 1. The minimum Gasteiger partial charge on any atom is -0.295 e. The Bertz CT molecular complexity index is 571. The van der Waals surface area contributed by atoms with E-state index in [0.717, 1.165) is 3.79 Å². The second-order valence-electron chi connectivity index (χ2n) is 4.68. The summed E-state index contributed by atoms with van der Waals surface area (Å²) in [6, 6.07) is 0. The Labute approximate surface area is 116 Å². The van der Waals surface area contributed by atoms with E-state index in [4.69, 9.17) is 0 Å². The third-order valence-electron chi connectivity index (χ3n) is 2.10. The monoisotopic (exact) mass is 329 g/mol. The minimum absolute atomic E-state index is 0.117. The molecule has 0 aliphatic carbocycles. The highest BCUT2D eigenvalue weighted by Crippen LogP contribution is 2.23. The fourth-order valence-corrected chi connectivity index (χ4v) is 2.27. The van der Waals surface area contributed by atoms with Gasteiger partial charge in [0.2, 0.25) is 5.82 Å². The van der Waals surface area contributed by atoms with Crippen molar-refractivity contribution in [3.8, 4) is 0 Å². The number of aromatic nitrogens is 4. The van der Waals surface area contributed by atoms with Gasteiger partial charge in [-0.15, -0.1) is 5.10 Å². The van der Waals surface area contributed by atoms with E-state index in [1.165, 1.54) is 11.3 Å². The van der Waals surface area contributed by atoms with E-state index in [9.17, 15) is 4.79 Å².